The van der Waals surface area contributed by atoms with Crippen LogP contribution in [-0.2, 0) is 9.59 Å². The van der Waals surface area contributed by atoms with Crippen molar-refractivity contribution in [1.82, 2.24) is 20.4 Å². The SMILES string of the molecule is CC(C)C(NC(=O)c1ccco1)C(=O)N1CCN(CC(=O)NC2CC2)CC1. The monoisotopic (exact) mass is 376 g/mol. The van der Waals surface area contributed by atoms with Gasteiger partial charge in [0.2, 0.25) is 11.8 Å². The first-order valence-electron chi connectivity index (χ1n) is 9.59. The van der Waals surface area contributed by atoms with Gasteiger partial charge in [-0.2, -0.15) is 0 Å². The number of carbonyl (C=O) groups excluding carboxylic acids is 3. The molecule has 1 saturated heterocycles. The summed E-state index contributed by atoms with van der Waals surface area (Å²) in [6.07, 6.45) is 3.59. The molecular formula is C19H28N4O4. The van der Waals surface area contributed by atoms with Crippen molar-refractivity contribution < 1.29 is 18.8 Å². The molecule has 1 aliphatic heterocycles. The molecule has 0 aromatic carbocycles. The number of hydrogen-bond acceptors (Lipinski definition) is 5. The summed E-state index contributed by atoms with van der Waals surface area (Å²) in [6, 6.07) is 2.97. The van der Waals surface area contributed by atoms with E-state index in [-0.39, 0.29) is 29.4 Å². The Kier molecular flexibility index (Phi) is 6.15. The van der Waals surface area contributed by atoms with E-state index in [0.717, 1.165) is 12.8 Å². The maximum absolute atomic E-state index is 12.9. The van der Waals surface area contributed by atoms with Crippen LogP contribution in [0.15, 0.2) is 22.8 Å². The lowest BCUT2D eigenvalue weighted by molar-refractivity contribution is -0.136. The quantitative estimate of drug-likeness (QED) is 0.721. The molecule has 27 heavy (non-hydrogen) atoms. The van der Waals surface area contributed by atoms with Crippen molar-refractivity contribution >= 4 is 17.7 Å². The van der Waals surface area contributed by atoms with Gasteiger partial charge in [0.15, 0.2) is 5.76 Å². The summed E-state index contributed by atoms with van der Waals surface area (Å²) in [5.41, 5.74) is 0. The Morgan fingerprint density at radius 1 is 1.19 bits per heavy atom. The lowest BCUT2D eigenvalue weighted by Crippen LogP contribution is -2.57. The molecule has 2 fully saturated rings. The van der Waals surface area contributed by atoms with E-state index >= 15 is 0 Å². The average molecular weight is 376 g/mol. The number of hydrogen-bond donors (Lipinski definition) is 2. The molecule has 1 saturated carbocycles. The molecule has 0 bridgehead atoms. The van der Waals surface area contributed by atoms with E-state index in [2.05, 4.69) is 15.5 Å². The number of furan rings is 1. The van der Waals surface area contributed by atoms with Crippen molar-refractivity contribution in [1.29, 1.82) is 0 Å². The van der Waals surface area contributed by atoms with Crippen molar-refractivity contribution in [3.63, 3.8) is 0 Å². The van der Waals surface area contributed by atoms with E-state index in [1.165, 1.54) is 6.26 Å². The van der Waals surface area contributed by atoms with E-state index in [1.54, 1.807) is 17.0 Å². The van der Waals surface area contributed by atoms with Crippen molar-refractivity contribution in [3.8, 4) is 0 Å². The van der Waals surface area contributed by atoms with Crippen LogP contribution >= 0.6 is 0 Å². The van der Waals surface area contributed by atoms with Gasteiger partial charge in [-0.1, -0.05) is 13.8 Å². The zero-order valence-corrected chi connectivity index (χ0v) is 15.9. The van der Waals surface area contributed by atoms with Gasteiger partial charge in [-0.25, -0.2) is 0 Å². The molecule has 2 N–H and O–H groups in total. The number of amides is 3. The minimum Gasteiger partial charge on any atom is -0.459 e. The van der Waals surface area contributed by atoms with Gasteiger partial charge in [-0.05, 0) is 30.9 Å². The Bertz CT molecular complexity index is 661. The lowest BCUT2D eigenvalue weighted by atomic mass is 10.0. The van der Waals surface area contributed by atoms with Gasteiger partial charge in [-0.15, -0.1) is 0 Å². The van der Waals surface area contributed by atoms with Crippen LogP contribution in [-0.4, -0.2) is 72.3 Å². The molecule has 2 heterocycles. The highest BCUT2D eigenvalue weighted by molar-refractivity contribution is 5.95. The van der Waals surface area contributed by atoms with Gasteiger partial charge in [0.05, 0.1) is 12.8 Å². The number of rotatable bonds is 7. The molecule has 1 atom stereocenters. The third-order valence-electron chi connectivity index (χ3n) is 4.96. The molecule has 148 valence electrons. The van der Waals surface area contributed by atoms with Crippen molar-refractivity contribution in [3.05, 3.63) is 24.2 Å². The third kappa shape index (κ3) is 5.32. The summed E-state index contributed by atoms with van der Waals surface area (Å²) in [7, 11) is 0. The van der Waals surface area contributed by atoms with Crippen LogP contribution in [0.4, 0.5) is 0 Å². The second-order valence-electron chi connectivity index (χ2n) is 7.62. The summed E-state index contributed by atoms with van der Waals surface area (Å²) in [5, 5.41) is 5.77. The Balaban J connectivity index is 1.49. The van der Waals surface area contributed by atoms with Crippen LogP contribution in [0, 0.1) is 5.92 Å². The topological polar surface area (TPSA) is 94.9 Å². The molecule has 1 unspecified atom stereocenters. The molecule has 8 heteroatoms. The highest BCUT2D eigenvalue weighted by Gasteiger charge is 2.32. The van der Waals surface area contributed by atoms with E-state index < -0.39 is 6.04 Å². The van der Waals surface area contributed by atoms with Gasteiger partial charge in [0, 0.05) is 32.2 Å². The Labute approximate surface area is 159 Å². The Morgan fingerprint density at radius 2 is 1.89 bits per heavy atom. The third-order valence-corrected chi connectivity index (χ3v) is 4.96. The van der Waals surface area contributed by atoms with Gasteiger partial charge in [-0.3, -0.25) is 19.3 Å². The Morgan fingerprint density at radius 3 is 2.44 bits per heavy atom. The summed E-state index contributed by atoms with van der Waals surface area (Å²) in [6.45, 7) is 6.60. The lowest BCUT2D eigenvalue weighted by Gasteiger charge is -2.37. The smallest absolute Gasteiger partial charge is 0.287 e. The van der Waals surface area contributed by atoms with Gasteiger partial charge >= 0.3 is 0 Å². The molecule has 1 aromatic rings. The molecule has 8 nitrogen and oxygen atoms in total. The van der Waals surface area contributed by atoms with Crippen molar-refractivity contribution in [2.24, 2.45) is 5.92 Å². The molecule has 1 aromatic heterocycles. The fourth-order valence-electron chi connectivity index (χ4n) is 3.16. The predicted molar refractivity (Wildman–Crippen MR) is 99.0 cm³/mol. The minimum absolute atomic E-state index is 0.0428. The van der Waals surface area contributed by atoms with Crippen LogP contribution < -0.4 is 10.6 Å². The molecule has 2 aliphatic rings. The number of piperazine rings is 1. The zero-order chi connectivity index (χ0) is 19.4. The molecule has 0 radical (unpaired) electrons. The second-order valence-corrected chi connectivity index (χ2v) is 7.62. The van der Waals surface area contributed by atoms with E-state index in [9.17, 15) is 14.4 Å². The zero-order valence-electron chi connectivity index (χ0n) is 15.9. The van der Waals surface area contributed by atoms with E-state index in [1.807, 2.05) is 13.8 Å². The summed E-state index contributed by atoms with van der Waals surface area (Å²) in [5.74, 6) is -0.267. The fraction of sp³-hybridized carbons (Fsp3) is 0.632. The molecule has 1 aliphatic carbocycles. The first kappa shape index (κ1) is 19.4. The van der Waals surface area contributed by atoms with Gasteiger partial charge in [0.1, 0.15) is 6.04 Å². The number of nitrogens with one attached hydrogen (secondary N) is 2. The highest BCUT2D eigenvalue weighted by atomic mass is 16.3. The predicted octanol–water partition coefficient (Wildman–Crippen LogP) is 0.457. The largest absolute Gasteiger partial charge is 0.459 e. The van der Waals surface area contributed by atoms with Crippen LogP contribution in [0.2, 0.25) is 0 Å². The summed E-state index contributed by atoms with van der Waals surface area (Å²) in [4.78, 5) is 40.9. The van der Waals surface area contributed by atoms with E-state index in [4.69, 9.17) is 4.42 Å². The van der Waals surface area contributed by atoms with Crippen LogP contribution in [0.1, 0.15) is 37.2 Å². The maximum Gasteiger partial charge on any atom is 0.287 e. The molecule has 0 spiro atoms. The molecular weight excluding hydrogens is 348 g/mol. The molecule has 3 rings (SSSR count). The maximum atomic E-state index is 12.9. The van der Waals surface area contributed by atoms with Gasteiger partial charge in [0.25, 0.3) is 5.91 Å². The summed E-state index contributed by atoms with van der Waals surface area (Å²) >= 11 is 0. The number of carbonyl (C=O) groups is 3. The summed E-state index contributed by atoms with van der Waals surface area (Å²) < 4.78 is 5.10. The minimum atomic E-state index is -0.604. The average Bonchev–Trinajstić information content (AvgIpc) is 3.27. The van der Waals surface area contributed by atoms with E-state index in [0.29, 0.717) is 38.8 Å². The van der Waals surface area contributed by atoms with Crippen molar-refractivity contribution in [2.75, 3.05) is 32.7 Å². The molecule has 3 amide bonds. The van der Waals surface area contributed by atoms with Crippen LogP contribution in [0.25, 0.3) is 0 Å². The number of nitrogens with zero attached hydrogens (tertiary/aromatic N) is 2. The second kappa shape index (κ2) is 8.56. The first-order chi connectivity index (χ1) is 12.9. The van der Waals surface area contributed by atoms with Crippen molar-refractivity contribution in [2.45, 2.75) is 38.8 Å². The highest BCUT2D eigenvalue weighted by Crippen LogP contribution is 2.18. The Hall–Kier alpha value is -2.35. The standard InChI is InChI=1S/C19H28N4O4/c1-13(2)17(21-18(25)15-4-3-11-27-15)19(26)23-9-7-22(8-10-23)12-16(24)20-14-5-6-14/h3-4,11,13-14,17H,5-10,12H2,1-2H3,(H,20,24)(H,21,25). The van der Waals surface area contributed by atoms with Crippen LogP contribution in [0.5, 0.6) is 0 Å². The first-order valence-corrected chi connectivity index (χ1v) is 9.59. The normalized spacial score (nSPS) is 19.0. The van der Waals surface area contributed by atoms with Crippen LogP contribution in [0.3, 0.4) is 0 Å². The van der Waals surface area contributed by atoms with Gasteiger partial charge < -0.3 is 20.0 Å². The fourth-order valence-corrected chi connectivity index (χ4v) is 3.16.